The molecular weight excluding hydrogens is 591 g/mol. The highest BCUT2D eigenvalue weighted by molar-refractivity contribution is 6.30. The van der Waals surface area contributed by atoms with Crippen LogP contribution in [0.4, 0.5) is 15.8 Å². The monoisotopic (exact) mass is 618 g/mol. The number of benzene rings is 3. The van der Waals surface area contributed by atoms with Crippen LogP contribution in [-0.2, 0) is 26.5 Å². The Bertz CT molecular complexity index is 1730. The van der Waals surface area contributed by atoms with Crippen molar-refractivity contribution >= 4 is 34.9 Å². The van der Waals surface area contributed by atoms with Crippen LogP contribution >= 0.6 is 11.6 Å². The van der Waals surface area contributed by atoms with Crippen molar-refractivity contribution in [2.24, 2.45) is 0 Å². The molecule has 0 bridgehead atoms. The summed E-state index contributed by atoms with van der Waals surface area (Å²) in [5.74, 6) is -1.62. The Morgan fingerprint density at radius 2 is 1.89 bits per heavy atom. The van der Waals surface area contributed by atoms with Crippen molar-refractivity contribution in [2.45, 2.75) is 31.7 Å². The molecule has 0 saturated carbocycles. The molecule has 4 aromatic rings. The Labute approximate surface area is 257 Å². The number of esters is 1. The zero-order valence-electron chi connectivity index (χ0n) is 23.9. The number of halogens is 2. The van der Waals surface area contributed by atoms with E-state index in [4.69, 9.17) is 30.5 Å². The second-order valence-corrected chi connectivity index (χ2v) is 10.9. The van der Waals surface area contributed by atoms with E-state index in [0.29, 0.717) is 58.5 Å². The zero-order valence-corrected chi connectivity index (χ0v) is 24.6. The summed E-state index contributed by atoms with van der Waals surface area (Å²) in [5, 5.41) is 6.38. The lowest BCUT2D eigenvalue weighted by molar-refractivity contribution is -0.115. The van der Waals surface area contributed by atoms with Gasteiger partial charge in [-0.2, -0.15) is 0 Å². The summed E-state index contributed by atoms with van der Waals surface area (Å²) in [5.41, 5.74) is 2.89. The molecule has 2 atom stereocenters. The first kappa shape index (κ1) is 29.3. The molecule has 0 radical (unpaired) electrons. The van der Waals surface area contributed by atoms with Crippen LogP contribution in [0.2, 0.25) is 5.02 Å². The van der Waals surface area contributed by atoms with Gasteiger partial charge in [0.15, 0.2) is 11.5 Å². The van der Waals surface area contributed by atoms with Crippen LogP contribution in [0.5, 0.6) is 11.5 Å². The number of aromatic nitrogens is 2. The molecule has 1 saturated heterocycles. The number of nitrogens with zero attached hydrogens (tertiary/aromatic N) is 2. The molecule has 10 nitrogen and oxygen atoms in total. The van der Waals surface area contributed by atoms with Gasteiger partial charge in [-0.1, -0.05) is 23.7 Å². The van der Waals surface area contributed by atoms with Gasteiger partial charge in [-0.3, -0.25) is 4.79 Å². The quantitative estimate of drug-likeness (QED) is 0.226. The molecule has 2 aliphatic heterocycles. The second-order valence-electron chi connectivity index (χ2n) is 10.4. The van der Waals surface area contributed by atoms with Gasteiger partial charge in [0.05, 0.1) is 42.1 Å². The topological polar surface area (TPSA) is 121 Å². The molecule has 1 fully saturated rings. The van der Waals surface area contributed by atoms with E-state index in [1.165, 1.54) is 19.2 Å². The fourth-order valence-electron chi connectivity index (χ4n) is 4.96. The molecule has 0 aliphatic carbocycles. The van der Waals surface area contributed by atoms with Crippen LogP contribution in [0.25, 0.3) is 11.1 Å². The fourth-order valence-corrected chi connectivity index (χ4v) is 5.12. The Hall–Kier alpha value is -4.74. The minimum Gasteiger partial charge on any atom is -0.465 e. The lowest BCUT2D eigenvalue weighted by Gasteiger charge is -2.27. The Morgan fingerprint density at radius 1 is 1.09 bits per heavy atom. The van der Waals surface area contributed by atoms with Gasteiger partial charge in [0.1, 0.15) is 11.6 Å². The highest BCUT2D eigenvalue weighted by Crippen LogP contribution is 2.49. The molecule has 12 heteroatoms. The molecule has 1 aromatic heterocycles. The molecule has 6 rings (SSSR count). The average molecular weight is 619 g/mol. The summed E-state index contributed by atoms with van der Waals surface area (Å²) in [6.07, 6.45) is 4.09. The van der Waals surface area contributed by atoms with E-state index in [2.05, 4.69) is 20.6 Å². The van der Waals surface area contributed by atoms with Crippen molar-refractivity contribution in [1.82, 2.24) is 9.97 Å². The first-order chi connectivity index (χ1) is 21.2. The SMILES string of the molecule is COC(=O)c1ccc(NC(=O)Cc2ncc(-c3cccc4c3OC(C)(c3ccc(Cl)cc3F)O4)cn2)c(NC[C@@H]2CCO2)c1. The van der Waals surface area contributed by atoms with Gasteiger partial charge in [0.25, 0.3) is 5.79 Å². The number of rotatable bonds is 9. The molecule has 3 heterocycles. The normalized spacial score (nSPS) is 18.3. The molecule has 1 unspecified atom stereocenters. The minimum atomic E-state index is -1.40. The number of hydrogen-bond donors (Lipinski definition) is 2. The maximum absolute atomic E-state index is 14.7. The molecule has 3 aromatic carbocycles. The summed E-state index contributed by atoms with van der Waals surface area (Å²) < 4.78 is 37.2. The van der Waals surface area contributed by atoms with E-state index < -0.39 is 17.6 Å². The van der Waals surface area contributed by atoms with Gasteiger partial charge in [-0.25, -0.2) is 19.2 Å². The number of hydrogen-bond acceptors (Lipinski definition) is 9. The Balaban J connectivity index is 1.15. The number of fused-ring (bicyclic) bond motifs is 1. The van der Waals surface area contributed by atoms with Crippen LogP contribution in [0.3, 0.4) is 0 Å². The average Bonchev–Trinajstić information content (AvgIpc) is 3.34. The number of methoxy groups -OCH3 is 1. The number of ether oxygens (including phenoxy) is 4. The number of amides is 1. The van der Waals surface area contributed by atoms with Gasteiger partial charge in [-0.15, -0.1) is 0 Å². The summed E-state index contributed by atoms with van der Waals surface area (Å²) >= 11 is 5.92. The highest BCUT2D eigenvalue weighted by Gasteiger charge is 2.42. The van der Waals surface area contributed by atoms with Gasteiger partial charge in [-0.05, 0) is 48.9 Å². The van der Waals surface area contributed by atoms with Gasteiger partial charge in [0, 0.05) is 48.6 Å². The molecule has 44 heavy (non-hydrogen) atoms. The van der Waals surface area contributed by atoms with Crippen molar-refractivity contribution in [2.75, 3.05) is 30.9 Å². The van der Waals surface area contributed by atoms with Crippen LogP contribution < -0.4 is 20.1 Å². The third kappa shape index (κ3) is 6.01. The lowest BCUT2D eigenvalue weighted by atomic mass is 10.1. The Kier molecular flexibility index (Phi) is 8.07. The minimum absolute atomic E-state index is 0.0717. The summed E-state index contributed by atoms with van der Waals surface area (Å²) in [6, 6.07) is 14.5. The highest BCUT2D eigenvalue weighted by atomic mass is 35.5. The van der Waals surface area contributed by atoms with E-state index in [-0.39, 0.29) is 29.0 Å². The third-order valence-corrected chi connectivity index (χ3v) is 7.60. The molecule has 226 valence electrons. The standard InChI is InChI=1S/C32H28ClFN4O6/c1-32(23-8-7-20(33)13-24(23)34)43-27-5-3-4-22(30(27)44-32)19-15-36-28(37-16-19)14-29(39)38-25-9-6-18(31(40)41-2)12-26(25)35-17-21-10-11-42-21/h3-9,12-13,15-16,21,35H,10-11,14,17H2,1-2H3,(H,38,39)/t21-,32?/m0/s1. The molecule has 0 spiro atoms. The van der Waals surface area contributed by atoms with Crippen molar-refractivity contribution in [1.29, 1.82) is 0 Å². The number of carbonyl (C=O) groups excluding carboxylic acids is 2. The smallest absolute Gasteiger partial charge is 0.337 e. The third-order valence-electron chi connectivity index (χ3n) is 7.36. The van der Waals surface area contributed by atoms with Crippen molar-refractivity contribution in [3.63, 3.8) is 0 Å². The first-order valence-electron chi connectivity index (χ1n) is 13.9. The van der Waals surface area contributed by atoms with Crippen LogP contribution in [0.15, 0.2) is 67.0 Å². The largest absolute Gasteiger partial charge is 0.465 e. The predicted octanol–water partition coefficient (Wildman–Crippen LogP) is 5.75. The van der Waals surface area contributed by atoms with Crippen molar-refractivity contribution in [3.05, 3.63) is 94.8 Å². The van der Waals surface area contributed by atoms with E-state index in [1.54, 1.807) is 55.7 Å². The molecule has 2 aliphatic rings. The fraction of sp³-hybridized carbons (Fsp3) is 0.250. The van der Waals surface area contributed by atoms with Gasteiger partial charge >= 0.3 is 5.97 Å². The summed E-state index contributed by atoms with van der Waals surface area (Å²) in [7, 11) is 1.31. The van der Waals surface area contributed by atoms with Crippen LogP contribution in [-0.4, -0.2) is 48.2 Å². The zero-order chi connectivity index (χ0) is 30.8. The number of anilines is 2. The molecule has 2 N–H and O–H groups in total. The number of carbonyl (C=O) groups is 2. The van der Waals surface area contributed by atoms with E-state index in [9.17, 15) is 14.0 Å². The van der Waals surface area contributed by atoms with Gasteiger partial charge < -0.3 is 29.6 Å². The summed E-state index contributed by atoms with van der Waals surface area (Å²) in [6.45, 7) is 2.88. The van der Waals surface area contributed by atoms with E-state index in [0.717, 1.165) is 6.42 Å². The maximum atomic E-state index is 14.7. The second kappa shape index (κ2) is 12.1. The van der Waals surface area contributed by atoms with Crippen molar-refractivity contribution < 1.29 is 32.9 Å². The van der Waals surface area contributed by atoms with Crippen molar-refractivity contribution in [3.8, 4) is 22.6 Å². The predicted molar refractivity (Wildman–Crippen MR) is 160 cm³/mol. The first-order valence-corrected chi connectivity index (χ1v) is 14.3. The van der Waals surface area contributed by atoms with Gasteiger partial charge in [0.2, 0.25) is 5.91 Å². The number of para-hydroxylation sites is 1. The van der Waals surface area contributed by atoms with E-state index >= 15 is 0 Å². The molecule has 1 amide bonds. The Morgan fingerprint density at radius 3 is 2.59 bits per heavy atom. The van der Waals surface area contributed by atoms with Crippen LogP contribution in [0, 0.1) is 5.82 Å². The van der Waals surface area contributed by atoms with E-state index in [1.807, 2.05) is 6.07 Å². The van der Waals surface area contributed by atoms with Crippen LogP contribution in [0.1, 0.15) is 35.1 Å². The number of nitrogens with one attached hydrogen (secondary N) is 2. The summed E-state index contributed by atoms with van der Waals surface area (Å²) in [4.78, 5) is 33.8. The molecular formula is C32H28ClFN4O6. The lowest BCUT2D eigenvalue weighted by Crippen LogP contribution is -2.33. The maximum Gasteiger partial charge on any atom is 0.337 e.